The van der Waals surface area contributed by atoms with Crippen molar-refractivity contribution in [1.82, 2.24) is 10.2 Å². The predicted molar refractivity (Wildman–Crippen MR) is 155 cm³/mol. The number of anilines is 2. The van der Waals surface area contributed by atoms with Gasteiger partial charge in [0.05, 0.1) is 10.5 Å². The maximum absolute atomic E-state index is 12.7. The number of piperazine rings is 1. The first-order chi connectivity index (χ1) is 19.4. The van der Waals surface area contributed by atoms with E-state index >= 15 is 0 Å². The van der Waals surface area contributed by atoms with E-state index in [1.54, 1.807) is 18.2 Å². The molecule has 1 aliphatic heterocycles. The Hall–Kier alpha value is -5.03. The van der Waals surface area contributed by atoms with Gasteiger partial charge in [-0.3, -0.25) is 25.0 Å². The van der Waals surface area contributed by atoms with E-state index < -0.39 is 10.8 Å². The summed E-state index contributed by atoms with van der Waals surface area (Å²) in [4.78, 5) is 40.2. The molecular weight excluding hydrogens is 530 g/mol. The summed E-state index contributed by atoms with van der Waals surface area (Å²) in [7, 11) is 0. The van der Waals surface area contributed by atoms with E-state index in [1.165, 1.54) is 18.2 Å². The highest BCUT2D eigenvalue weighted by molar-refractivity contribution is 7.80. The fourth-order valence-corrected chi connectivity index (χ4v) is 4.67. The third kappa shape index (κ3) is 6.00. The number of rotatable bonds is 6. The molecule has 0 bridgehead atoms. The molecule has 0 spiro atoms. The number of nitrogens with one attached hydrogen (secondary N) is 2. The van der Waals surface area contributed by atoms with Crippen LogP contribution in [-0.4, -0.2) is 52.9 Å². The second-order valence-corrected chi connectivity index (χ2v) is 9.45. The molecule has 4 aromatic rings. The summed E-state index contributed by atoms with van der Waals surface area (Å²) in [6.45, 7) is 2.71. The van der Waals surface area contributed by atoms with Crippen LogP contribution in [0.15, 0.2) is 95.4 Å². The first-order valence-corrected chi connectivity index (χ1v) is 12.9. The molecule has 5 rings (SSSR count). The third-order valence-electron chi connectivity index (χ3n) is 6.50. The average Bonchev–Trinajstić information content (AvgIpc) is 3.48. The minimum atomic E-state index is -0.582. The SMILES string of the molecule is O=C(NC(=S)Nc1ccc(N2CCN(C(=O)c3ccccc3)CC2)cc1)c1ccc(-c2ccccc2[N+](=O)[O-])o1. The zero-order valence-corrected chi connectivity index (χ0v) is 22.1. The molecule has 2 heterocycles. The van der Waals surface area contributed by atoms with Crippen LogP contribution in [0.25, 0.3) is 11.3 Å². The molecule has 1 fully saturated rings. The van der Waals surface area contributed by atoms with Gasteiger partial charge in [-0.05, 0) is 66.8 Å². The summed E-state index contributed by atoms with van der Waals surface area (Å²) in [6.07, 6.45) is 0. The Morgan fingerprint density at radius 1 is 0.850 bits per heavy atom. The second-order valence-electron chi connectivity index (χ2n) is 9.04. The number of furan rings is 1. The van der Waals surface area contributed by atoms with E-state index in [9.17, 15) is 19.7 Å². The molecule has 0 radical (unpaired) electrons. The van der Waals surface area contributed by atoms with Crippen molar-refractivity contribution in [1.29, 1.82) is 0 Å². The van der Waals surface area contributed by atoms with Gasteiger partial charge in [-0.25, -0.2) is 0 Å². The van der Waals surface area contributed by atoms with Crippen LogP contribution in [0.4, 0.5) is 17.1 Å². The molecule has 11 heteroatoms. The monoisotopic (exact) mass is 555 g/mol. The number of carbonyl (C=O) groups excluding carboxylic acids is 2. The molecule has 2 amide bonds. The van der Waals surface area contributed by atoms with Crippen LogP contribution in [0.5, 0.6) is 0 Å². The zero-order valence-electron chi connectivity index (χ0n) is 21.3. The van der Waals surface area contributed by atoms with Crippen molar-refractivity contribution in [2.45, 2.75) is 0 Å². The lowest BCUT2D eigenvalue weighted by Gasteiger charge is -2.36. The molecule has 0 atom stereocenters. The number of hydrogen-bond donors (Lipinski definition) is 2. The molecule has 1 saturated heterocycles. The van der Waals surface area contributed by atoms with Gasteiger partial charge in [0.25, 0.3) is 17.5 Å². The van der Waals surface area contributed by atoms with Crippen molar-refractivity contribution in [2.75, 3.05) is 36.4 Å². The van der Waals surface area contributed by atoms with Crippen LogP contribution in [0, 0.1) is 10.1 Å². The van der Waals surface area contributed by atoms with Crippen LogP contribution in [0.1, 0.15) is 20.9 Å². The number of amides is 2. The molecule has 202 valence electrons. The number of nitrogens with zero attached hydrogens (tertiary/aromatic N) is 3. The summed E-state index contributed by atoms with van der Waals surface area (Å²) in [5, 5.41) is 16.9. The summed E-state index contributed by atoms with van der Waals surface area (Å²) >= 11 is 5.28. The van der Waals surface area contributed by atoms with Crippen molar-refractivity contribution < 1.29 is 18.9 Å². The van der Waals surface area contributed by atoms with Gasteiger partial charge < -0.3 is 19.5 Å². The molecule has 0 aliphatic carbocycles. The second kappa shape index (κ2) is 11.8. The molecule has 2 N–H and O–H groups in total. The molecule has 40 heavy (non-hydrogen) atoms. The molecule has 1 aliphatic rings. The number of para-hydroxylation sites is 1. The Kier molecular flexibility index (Phi) is 7.83. The first kappa shape index (κ1) is 26.6. The minimum absolute atomic E-state index is 0.0301. The van der Waals surface area contributed by atoms with Crippen LogP contribution >= 0.6 is 12.2 Å². The predicted octanol–water partition coefficient (Wildman–Crippen LogP) is 4.94. The van der Waals surface area contributed by atoms with Gasteiger partial charge in [0.1, 0.15) is 5.76 Å². The van der Waals surface area contributed by atoms with Crippen molar-refractivity contribution in [3.05, 3.63) is 112 Å². The lowest BCUT2D eigenvalue weighted by Crippen LogP contribution is -2.48. The smallest absolute Gasteiger partial charge is 0.293 e. The van der Waals surface area contributed by atoms with Gasteiger partial charge in [-0.2, -0.15) is 0 Å². The molecule has 0 saturated carbocycles. The average molecular weight is 556 g/mol. The van der Waals surface area contributed by atoms with E-state index in [2.05, 4.69) is 15.5 Å². The van der Waals surface area contributed by atoms with Crippen molar-refractivity contribution in [3.63, 3.8) is 0 Å². The molecule has 0 unspecified atom stereocenters. The highest BCUT2D eigenvalue weighted by Gasteiger charge is 2.23. The van der Waals surface area contributed by atoms with Crippen LogP contribution in [0.3, 0.4) is 0 Å². The summed E-state index contributed by atoms with van der Waals surface area (Å²) in [6, 6.07) is 26.0. The van der Waals surface area contributed by atoms with E-state index in [0.29, 0.717) is 24.3 Å². The largest absolute Gasteiger partial charge is 0.451 e. The fourth-order valence-electron chi connectivity index (χ4n) is 4.46. The molecular formula is C29H25N5O5S. The highest BCUT2D eigenvalue weighted by atomic mass is 32.1. The van der Waals surface area contributed by atoms with Gasteiger partial charge in [0, 0.05) is 49.2 Å². The number of nitro benzene ring substituents is 1. The van der Waals surface area contributed by atoms with Crippen LogP contribution in [-0.2, 0) is 0 Å². The third-order valence-corrected chi connectivity index (χ3v) is 6.71. The van der Waals surface area contributed by atoms with Crippen molar-refractivity contribution in [3.8, 4) is 11.3 Å². The Morgan fingerprint density at radius 3 is 2.23 bits per heavy atom. The first-order valence-electron chi connectivity index (χ1n) is 12.5. The van der Waals surface area contributed by atoms with Gasteiger partial charge in [0.15, 0.2) is 10.9 Å². The van der Waals surface area contributed by atoms with Crippen molar-refractivity contribution in [2.24, 2.45) is 0 Å². The van der Waals surface area contributed by atoms with E-state index in [4.69, 9.17) is 16.6 Å². The van der Waals surface area contributed by atoms with E-state index in [-0.39, 0.29) is 33.8 Å². The normalized spacial score (nSPS) is 13.0. The lowest BCUT2D eigenvalue weighted by molar-refractivity contribution is -0.384. The minimum Gasteiger partial charge on any atom is -0.451 e. The highest BCUT2D eigenvalue weighted by Crippen LogP contribution is 2.30. The van der Waals surface area contributed by atoms with Gasteiger partial charge in [-0.1, -0.05) is 30.3 Å². The molecule has 3 aromatic carbocycles. The zero-order chi connectivity index (χ0) is 28.1. The maximum Gasteiger partial charge on any atom is 0.293 e. The quantitative estimate of drug-likeness (QED) is 0.195. The fraction of sp³-hybridized carbons (Fsp3) is 0.138. The Morgan fingerprint density at radius 2 is 1.52 bits per heavy atom. The Labute approximate surface area is 235 Å². The number of hydrogen-bond acceptors (Lipinski definition) is 7. The topological polar surface area (TPSA) is 121 Å². The van der Waals surface area contributed by atoms with Gasteiger partial charge >= 0.3 is 0 Å². The Balaban J connectivity index is 1.13. The van der Waals surface area contributed by atoms with Crippen molar-refractivity contribution >= 4 is 46.2 Å². The maximum atomic E-state index is 12.7. The number of thiocarbonyl (C=S) groups is 1. The van der Waals surface area contributed by atoms with Gasteiger partial charge in [-0.15, -0.1) is 0 Å². The lowest BCUT2D eigenvalue weighted by atomic mass is 10.1. The summed E-state index contributed by atoms with van der Waals surface area (Å²) in [5.74, 6) is -0.362. The Bertz CT molecular complexity index is 1550. The summed E-state index contributed by atoms with van der Waals surface area (Å²) < 4.78 is 5.57. The van der Waals surface area contributed by atoms with E-state index in [1.807, 2.05) is 59.5 Å². The molecule has 1 aromatic heterocycles. The van der Waals surface area contributed by atoms with Gasteiger partial charge in [0.2, 0.25) is 0 Å². The van der Waals surface area contributed by atoms with Crippen LogP contribution in [0.2, 0.25) is 0 Å². The summed E-state index contributed by atoms with van der Waals surface area (Å²) in [5.41, 5.74) is 2.56. The number of benzene rings is 3. The van der Waals surface area contributed by atoms with E-state index in [0.717, 1.165) is 18.8 Å². The number of nitro groups is 1. The standard InChI is InChI=1S/C29H25N5O5S/c35-27(26-15-14-25(39-26)23-8-4-5-9-24(23)34(37)38)31-29(40)30-21-10-12-22(13-11-21)32-16-18-33(19-17-32)28(36)20-6-2-1-3-7-20/h1-15H,16-19H2,(H2,30,31,35,40). The molecule has 10 nitrogen and oxygen atoms in total. The van der Waals surface area contributed by atoms with Crippen LogP contribution < -0.4 is 15.5 Å². The number of carbonyl (C=O) groups is 2.